The van der Waals surface area contributed by atoms with E-state index >= 15 is 0 Å². The van der Waals surface area contributed by atoms with Gasteiger partial charge in [0.05, 0.1) is 11.1 Å². The maximum absolute atomic E-state index is 12.2. The van der Waals surface area contributed by atoms with Crippen molar-refractivity contribution in [3.63, 3.8) is 0 Å². The van der Waals surface area contributed by atoms with Crippen LogP contribution in [0.1, 0.15) is 5.56 Å². The lowest BCUT2D eigenvalue weighted by molar-refractivity contribution is -0.138. The fourth-order valence-corrected chi connectivity index (χ4v) is 1.46. The summed E-state index contributed by atoms with van der Waals surface area (Å²) in [5.74, 6) is 0.198. The molecule has 0 unspecified atom stereocenters. The molecule has 0 saturated carbocycles. The molecule has 2 rings (SSSR count). The van der Waals surface area contributed by atoms with Crippen molar-refractivity contribution >= 4 is 11.3 Å². The van der Waals surface area contributed by atoms with Crippen molar-refractivity contribution in [2.75, 3.05) is 0 Å². The van der Waals surface area contributed by atoms with E-state index in [1.54, 1.807) is 10.9 Å². The Labute approximate surface area is 86.6 Å². The van der Waals surface area contributed by atoms with Gasteiger partial charge in [-0.3, -0.25) is 0 Å². The van der Waals surface area contributed by atoms with Crippen molar-refractivity contribution in [2.45, 2.75) is 6.18 Å². The number of hydrogen-bond acceptors (Lipinski definition) is 4. The number of hydrogen-bond donors (Lipinski definition) is 0. The minimum Gasteiger partial charge on any atom is -0.241 e. The molecule has 3 nitrogen and oxygen atoms in total. The number of halogens is 3. The van der Waals surface area contributed by atoms with Gasteiger partial charge >= 0.3 is 6.18 Å². The van der Waals surface area contributed by atoms with Gasteiger partial charge in [-0.1, -0.05) is 0 Å². The molecule has 15 heavy (non-hydrogen) atoms. The summed E-state index contributed by atoms with van der Waals surface area (Å²) in [5.41, 5.74) is 1.19. The van der Waals surface area contributed by atoms with Gasteiger partial charge < -0.3 is 0 Å². The zero-order valence-electron chi connectivity index (χ0n) is 7.19. The van der Waals surface area contributed by atoms with Crippen molar-refractivity contribution in [1.82, 2.24) is 15.0 Å². The van der Waals surface area contributed by atoms with Crippen LogP contribution in [0.5, 0.6) is 0 Å². The molecule has 2 aromatic rings. The third-order valence-corrected chi connectivity index (χ3v) is 2.23. The normalized spacial score (nSPS) is 11.7. The first-order valence-electron chi connectivity index (χ1n) is 3.85. The standard InChI is InChI=1S/C8H4F3N3S/c9-8(10,11)5-1-12-7(13-2-5)6-3-15-4-14-6/h1-4H. The Morgan fingerprint density at radius 2 is 1.73 bits per heavy atom. The average Bonchev–Trinajstić information content (AvgIpc) is 2.69. The van der Waals surface area contributed by atoms with Crippen molar-refractivity contribution in [3.05, 3.63) is 28.8 Å². The molecule has 0 amide bonds. The zero-order valence-corrected chi connectivity index (χ0v) is 8.01. The Bertz CT molecular complexity index is 435. The fourth-order valence-electron chi connectivity index (χ4n) is 0.930. The molecule has 0 aromatic carbocycles. The van der Waals surface area contributed by atoms with Crippen LogP contribution in [0.3, 0.4) is 0 Å². The summed E-state index contributed by atoms with van der Waals surface area (Å²) in [5, 5.41) is 1.67. The second kappa shape index (κ2) is 3.58. The van der Waals surface area contributed by atoms with Crippen LogP contribution in [0.4, 0.5) is 13.2 Å². The van der Waals surface area contributed by atoms with Crippen LogP contribution in [0, 0.1) is 0 Å². The summed E-state index contributed by atoms with van der Waals surface area (Å²) in [6.45, 7) is 0. The monoisotopic (exact) mass is 231 g/mol. The van der Waals surface area contributed by atoms with E-state index in [1.807, 2.05) is 0 Å². The Morgan fingerprint density at radius 1 is 1.07 bits per heavy atom. The van der Waals surface area contributed by atoms with Gasteiger partial charge in [0.1, 0.15) is 5.69 Å². The molecular weight excluding hydrogens is 227 g/mol. The fraction of sp³-hybridized carbons (Fsp3) is 0.125. The molecule has 0 saturated heterocycles. The van der Waals surface area contributed by atoms with Gasteiger partial charge in [0.25, 0.3) is 0 Å². The summed E-state index contributed by atoms with van der Waals surface area (Å²) in [4.78, 5) is 11.1. The largest absolute Gasteiger partial charge is 0.419 e. The van der Waals surface area contributed by atoms with E-state index in [0.29, 0.717) is 5.69 Å². The Balaban J connectivity index is 2.33. The predicted octanol–water partition coefficient (Wildman–Crippen LogP) is 2.62. The van der Waals surface area contributed by atoms with Gasteiger partial charge in [0, 0.05) is 17.8 Å². The van der Waals surface area contributed by atoms with Crippen LogP contribution in [-0.4, -0.2) is 15.0 Å². The van der Waals surface area contributed by atoms with Crippen LogP contribution < -0.4 is 0 Å². The molecule has 0 fully saturated rings. The van der Waals surface area contributed by atoms with E-state index in [0.717, 1.165) is 12.4 Å². The van der Waals surface area contributed by atoms with E-state index in [9.17, 15) is 13.2 Å². The molecule has 7 heteroatoms. The smallest absolute Gasteiger partial charge is 0.241 e. The van der Waals surface area contributed by atoms with Crippen molar-refractivity contribution < 1.29 is 13.2 Å². The van der Waals surface area contributed by atoms with Gasteiger partial charge in [-0.15, -0.1) is 11.3 Å². The van der Waals surface area contributed by atoms with E-state index in [4.69, 9.17) is 0 Å². The molecular formula is C8H4F3N3S. The third kappa shape index (κ3) is 2.12. The van der Waals surface area contributed by atoms with Crippen molar-refractivity contribution in [2.24, 2.45) is 0 Å². The number of rotatable bonds is 1. The SMILES string of the molecule is FC(F)(F)c1cnc(-c2cscn2)nc1. The molecule has 0 atom stereocenters. The quantitative estimate of drug-likeness (QED) is 0.757. The molecule has 0 bridgehead atoms. The summed E-state index contributed by atoms with van der Waals surface area (Å²) in [7, 11) is 0. The molecule has 2 aromatic heterocycles. The van der Waals surface area contributed by atoms with Crippen molar-refractivity contribution in [1.29, 1.82) is 0 Å². The highest BCUT2D eigenvalue weighted by molar-refractivity contribution is 7.07. The highest BCUT2D eigenvalue weighted by Crippen LogP contribution is 2.28. The second-order valence-electron chi connectivity index (χ2n) is 2.67. The first-order chi connectivity index (χ1) is 7.07. The maximum atomic E-state index is 12.2. The van der Waals surface area contributed by atoms with E-state index in [2.05, 4.69) is 15.0 Å². The number of nitrogens with zero attached hydrogens (tertiary/aromatic N) is 3. The molecule has 0 radical (unpaired) electrons. The Morgan fingerprint density at radius 3 is 2.20 bits per heavy atom. The molecule has 0 N–H and O–H groups in total. The minimum atomic E-state index is -4.40. The molecule has 0 aliphatic heterocycles. The van der Waals surface area contributed by atoms with Crippen LogP contribution in [0.15, 0.2) is 23.3 Å². The Kier molecular flexibility index (Phi) is 2.39. The highest BCUT2D eigenvalue weighted by Gasteiger charge is 2.31. The molecule has 0 aliphatic rings. The van der Waals surface area contributed by atoms with Crippen molar-refractivity contribution in [3.8, 4) is 11.5 Å². The van der Waals surface area contributed by atoms with Gasteiger partial charge in [-0.2, -0.15) is 13.2 Å². The summed E-state index contributed by atoms with van der Waals surface area (Å²) in [6.07, 6.45) is -2.90. The van der Waals surface area contributed by atoms with E-state index in [1.165, 1.54) is 11.3 Å². The molecule has 2 heterocycles. The summed E-state index contributed by atoms with van der Waals surface area (Å²) < 4.78 is 36.5. The zero-order chi connectivity index (χ0) is 10.9. The molecule has 0 spiro atoms. The highest BCUT2D eigenvalue weighted by atomic mass is 32.1. The van der Waals surface area contributed by atoms with Crippen LogP contribution in [0.25, 0.3) is 11.5 Å². The van der Waals surface area contributed by atoms with Gasteiger partial charge in [0.2, 0.25) is 0 Å². The van der Waals surface area contributed by atoms with Gasteiger partial charge in [-0.25, -0.2) is 15.0 Å². The van der Waals surface area contributed by atoms with E-state index < -0.39 is 11.7 Å². The van der Waals surface area contributed by atoms with E-state index in [-0.39, 0.29) is 5.82 Å². The lowest BCUT2D eigenvalue weighted by Crippen LogP contribution is -2.06. The lowest BCUT2D eigenvalue weighted by Gasteiger charge is -2.04. The number of alkyl halides is 3. The van der Waals surface area contributed by atoms with Crippen LogP contribution in [-0.2, 0) is 6.18 Å². The first kappa shape index (κ1) is 10.0. The van der Waals surface area contributed by atoms with Gasteiger partial charge in [0.15, 0.2) is 5.82 Å². The lowest BCUT2D eigenvalue weighted by atomic mass is 10.3. The molecule has 0 aliphatic carbocycles. The predicted molar refractivity (Wildman–Crippen MR) is 48.1 cm³/mol. The molecule has 78 valence electrons. The maximum Gasteiger partial charge on any atom is 0.419 e. The van der Waals surface area contributed by atoms with Crippen LogP contribution in [0.2, 0.25) is 0 Å². The Hall–Kier alpha value is -1.50. The topological polar surface area (TPSA) is 38.7 Å². The average molecular weight is 231 g/mol. The summed E-state index contributed by atoms with van der Waals surface area (Å²) >= 11 is 1.33. The number of aromatic nitrogens is 3. The van der Waals surface area contributed by atoms with Crippen LogP contribution >= 0.6 is 11.3 Å². The summed E-state index contributed by atoms with van der Waals surface area (Å²) in [6, 6.07) is 0. The third-order valence-electron chi connectivity index (χ3n) is 1.64. The first-order valence-corrected chi connectivity index (χ1v) is 4.79. The second-order valence-corrected chi connectivity index (χ2v) is 3.39. The van der Waals surface area contributed by atoms with Gasteiger partial charge in [-0.05, 0) is 0 Å². The minimum absolute atomic E-state index is 0.198. The number of thiazole rings is 1.